The zero-order chi connectivity index (χ0) is 13.5. The molecule has 4 nitrogen and oxygen atoms in total. The number of nitrogens with one attached hydrogen (secondary N) is 2. The predicted molar refractivity (Wildman–Crippen MR) is 75.8 cm³/mol. The molecule has 0 radical (unpaired) electrons. The highest BCUT2D eigenvalue weighted by Gasteiger charge is 2.03. The summed E-state index contributed by atoms with van der Waals surface area (Å²) in [6.07, 6.45) is 0. The van der Waals surface area contributed by atoms with E-state index in [1.165, 1.54) is 0 Å². The number of hydrogen-bond donors (Lipinski definition) is 3. The van der Waals surface area contributed by atoms with E-state index in [9.17, 15) is 5.11 Å². The molecule has 0 aliphatic rings. The molecule has 4 heteroatoms. The van der Waals surface area contributed by atoms with Gasteiger partial charge in [-0.15, -0.1) is 0 Å². The topological polar surface area (TPSA) is 53.5 Å². The van der Waals surface area contributed by atoms with Gasteiger partial charge in [0.1, 0.15) is 5.75 Å². The number of ether oxygens (including phenoxy) is 1. The predicted octanol–water partition coefficient (Wildman–Crippen LogP) is 2.30. The van der Waals surface area contributed by atoms with Gasteiger partial charge >= 0.3 is 0 Å². The lowest BCUT2D eigenvalue weighted by Crippen LogP contribution is -2.20. The van der Waals surface area contributed by atoms with Crippen LogP contribution in [0.2, 0.25) is 0 Å². The average Bonchev–Trinajstić information content (AvgIpc) is 2.48. The quantitative estimate of drug-likeness (QED) is 0.696. The van der Waals surface area contributed by atoms with Crippen LogP contribution in [-0.4, -0.2) is 12.2 Å². The molecule has 0 saturated heterocycles. The molecule has 0 saturated carbocycles. The Morgan fingerprint density at radius 2 is 1.89 bits per heavy atom. The Kier molecular flexibility index (Phi) is 4.78. The first-order valence-electron chi connectivity index (χ1n) is 6.14. The summed E-state index contributed by atoms with van der Waals surface area (Å²) in [5, 5.41) is 9.26. The van der Waals surface area contributed by atoms with Crippen LogP contribution < -0.4 is 15.6 Å². The largest absolute Gasteiger partial charge is 0.496 e. The third kappa shape index (κ3) is 3.71. The summed E-state index contributed by atoms with van der Waals surface area (Å²) in [4.78, 5) is 0. The van der Waals surface area contributed by atoms with Crippen molar-refractivity contribution in [3.05, 3.63) is 59.7 Å². The molecule has 2 rings (SSSR count). The molecule has 19 heavy (non-hydrogen) atoms. The molecule has 2 aromatic carbocycles. The number of benzene rings is 2. The van der Waals surface area contributed by atoms with E-state index in [0.29, 0.717) is 12.3 Å². The van der Waals surface area contributed by atoms with E-state index in [4.69, 9.17) is 4.74 Å². The third-order valence-corrected chi connectivity index (χ3v) is 2.81. The van der Waals surface area contributed by atoms with Crippen LogP contribution in [0.25, 0.3) is 0 Å². The van der Waals surface area contributed by atoms with Gasteiger partial charge in [-0.25, -0.2) is 5.43 Å². The van der Waals surface area contributed by atoms with Crippen LogP contribution in [0.5, 0.6) is 5.75 Å². The molecule has 0 aliphatic carbocycles. The minimum Gasteiger partial charge on any atom is -0.496 e. The van der Waals surface area contributed by atoms with E-state index in [1.54, 1.807) is 7.11 Å². The fraction of sp³-hybridized carbons (Fsp3) is 0.200. The van der Waals surface area contributed by atoms with E-state index in [2.05, 4.69) is 10.9 Å². The third-order valence-electron chi connectivity index (χ3n) is 2.81. The molecule has 0 amide bonds. The van der Waals surface area contributed by atoms with Crippen LogP contribution in [0.3, 0.4) is 0 Å². The van der Waals surface area contributed by atoms with Crippen LogP contribution in [0.1, 0.15) is 11.1 Å². The fourth-order valence-corrected chi connectivity index (χ4v) is 1.84. The number of rotatable bonds is 6. The SMILES string of the molecule is COc1ccc(CNNc2ccccc2)cc1CO. The number of methoxy groups -OCH3 is 1. The number of aliphatic hydroxyl groups excluding tert-OH is 1. The molecule has 0 aliphatic heterocycles. The minimum absolute atomic E-state index is 0.0247. The first-order chi connectivity index (χ1) is 9.33. The van der Waals surface area contributed by atoms with Crippen LogP contribution in [0.4, 0.5) is 5.69 Å². The number of hydrazine groups is 1. The van der Waals surface area contributed by atoms with E-state index < -0.39 is 0 Å². The van der Waals surface area contributed by atoms with Gasteiger partial charge in [0.25, 0.3) is 0 Å². The second-order valence-corrected chi connectivity index (χ2v) is 4.15. The summed E-state index contributed by atoms with van der Waals surface area (Å²) >= 11 is 0. The van der Waals surface area contributed by atoms with E-state index in [1.807, 2.05) is 48.5 Å². The van der Waals surface area contributed by atoms with Gasteiger partial charge in [-0.1, -0.05) is 24.3 Å². The number of para-hydroxylation sites is 1. The highest BCUT2D eigenvalue weighted by molar-refractivity contribution is 5.41. The second kappa shape index (κ2) is 6.78. The number of hydrogen-bond acceptors (Lipinski definition) is 4. The Bertz CT molecular complexity index is 515. The van der Waals surface area contributed by atoms with Crippen LogP contribution in [0.15, 0.2) is 48.5 Å². The molecule has 100 valence electrons. The van der Waals surface area contributed by atoms with E-state index in [0.717, 1.165) is 16.8 Å². The minimum atomic E-state index is -0.0247. The van der Waals surface area contributed by atoms with Gasteiger partial charge in [-0.2, -0.15) is 0 Å². The van der Waals surface area contributed by atoms with Gasteiger partial charge in [0.2, 0.25) is 0 Å². The van der Waals surface area contributed by atoms with Crippen molar-refractivity contribution in [3.63, 3.8) is 0 Å². The monoisotopic (exact) mass is 258 g/mol. The van der Waals surface area contributed by atoms with Gasteiger partial charge < -0.3 is 15.3 Å². The van der Waals surface area contributed by atoms with Crippen LogP contribution in [0, 0.1) is 0 Å². The molecule has 0 unspecified atom stereocenters. The maximum Gasteiger partial charge on any atom is 0.124 e. The summed E-state index contributed by atoms with van der Waals surface area (Å²) < 4.78 is 5.17. The lowest BCUT2D eigenvalue weighted by Gasteiger charge is -2.11. The molecular formula is C15H18N2O2. The van der Waals surface area contributed by atoms with Crippen LogP contribution in [-0.2, 0) is 13.2 Å². The molecule has 0 aromatic heterocycles. The summed E-state index contributed by atoms with van der Waals surface area (Å²) in [7, 11) is 1.60. The van der Waals surface area contributed by atoms with Gasteiger partial charge in [0.15, 0.2) is 0 Å². The standard InChI is InChI=1S/C15H18N2O2/c1-19-15-8-7-12(9-13(15)11-18)10-16-17-14-5-3-2-4-6-14/h2-9,16-18H,10-11H2,1H3. The van der Waals surface area contributed by atoms with Crippen molar-refractivity contribution in [2.75, 3.05) is 12.5 Å². The Morgan fingerprint density at radius 1 is 1.11 bits per heavy atom. The Balaban J connectivity index is 1.93. The van der Waals surface area contributed by atoms with Crippen molar-refractivity contribution in [3.8, 4) is 5.75 Å². The highest BCUT2D eigenvalue weighted by Crippen LogP contribution is 2.19. The molecular weight excluding hydrogens is 240 g/mol. The summed E-state index contributed by atoms with van der Waals surface area (Å²) in [5.41, 5.74) is 9.13. The van der Waals surface area contributed by atoms with Crippen LogP contribution >= 0.6 is 0 Å². The Morgan fingerprint density at radius 3 is 2.58 bits per heavy atom. The molecule has 0 spiro atoms. The Labute approximate surface area is 113 Å². The van der Waals surface area contributed by atoms with E-state index in [-0.39, 0.29) is 6.61 Å². The Hall–Kier alpha value is -2.04. The van der Waals surface area contributed by atoms with Crippen molar-refractivity contribution in [2.24, 2.45) is 0 Å². The smallest absolute Gasteiger partial charge is 0.124 e. The summed E-state index contributed by atoms with van der Waals surface area (Å²) in [5.74, 6) is 0.710. The highest BCUT2D eigenvalue weighted by atomic mass is 16.5. The number of aliphatic hydroxyl groups is 1. The molecule has 2 aromatic rings. The van der Waals surface area contributed by atoms with Crippen molar-refractivity contribution in [1.82, 2.24) is 5.43 Å². The fourth-order valence-electron chi connectivity index (χ4n) is 1.84. The summed E-state index contributed by atoms with van der Waals surface area (Å²) in [6, 6.07) is 15.7. The first-order valence-corrected chi connectivity index (χ1v) is 6.14. The normalized spacial score (nSPS) is 10.2. The maximum absolute atomic E-state index is 9.26. The average molecular weight is 258 g/mol. The van der Waals surface area contributed by atoms with E-state index >= 15 is 0 Å². The lowest BCUT2D eigenvalue weighted by atomic mass is 10.1. The second-order valence-electron chi connectivity index (χ2n) is 4.15. The van der Waals surface area contributed by atoms with Gasteiger partial charge in [-0.3, -0.25) is 0 Å². The zero-order valence-corrected chi connectivity index (χ0v) is 10.9. The molecule has 0 heterocycles. The maximum atomic E-state index is 9.26. The molecule has 0 fully saturated rings. The van der Waals surface area contributed by atoms with Crippen molar-refractivity contribution >= 4 is 5.69 Å². The first kappa shape index (κ1) is 13.4. The molecule has 3 N–H and O–H groups in total. The van der Waals surface area contributed by atoms with Crippen molar-refractivity contribution in [1.29, 1.82) is 0 Å². The van der Waals surface area contributed by atoms with Gasteiger partial charge in [0, 0.05) is 17.8 Å². The van der Waals surface area contributed by atoms with Gasteiger partial charge in [-0.05, 0) is 29.8 Å². The van der Waals surface area contributed by atoms with Gasteiger partial charge in [0.05, 0.1) is 13.7 Å². The zero-order valence-electron chi connectivity index (χ0n) is 10.9. The molecule has 0 atom stereocenters. The van der Waals surface area contributed by atoms with Crippen molar-refractivity contribution in [2.45, 2.75) is 13.2 Å². The van der Waals surface area contributed by atoms with Crippen molar-refractivity contribution < 1.29 is 9.84 Å². The molecule has 0 bridgehead atoms. The number of anilines is 1. The summed E-state index contributed by atoms with van der Waals surface area (Å²) in [6.45, 7) is 0.634. The lowest BCUT2D eigenvalue weighted by molar-refractivity contribution is 0.273.